The van der Waals surface area contributed by atoms with Crippen LogP contribution in [0, 0.1) is 5.92 Å². The quantitative estimate of drug-likeness (QED) is 0.388. The molecule has 3 fully saturated rings. The Morgan fingerprint density at radius 1 is 1.10 bits per heavy atom. The number of β-amino-alcohol motifs (C(OH)–C–C–N with tert-alkyl or cyclic N) is 1. The van der Waals surface area contributed by atoms with Crippen molar-refractivity contribution in [3.8, 4) is 0 Å². The molecule has 2 bridgehead atoms. The number of aliphatic hydroxyl groups is 2. The maximum Gasteiger partial charge on any atom is 0.229 e. The molecule has 2 atom stereocenters. The minimum atomic E-state index is -0.666. The van der Waals surface area contributed by atoms with Gasteiger partial charge >= 0.3 is 0 Å². The maximum absolute atomic E-state index is 13.3. The van der Waals surface area contributed by atoms with Crippen LogP contribution in [0.1, 0.15) is 68.5 Å². The van der Waals surface area contributed by atoms with E-state index in [-0.39, 0.29) is 18.4 Å². The van der Waals surface area contributed by atoms with Crippen molar-refractivity contribution in [2.45, 2.75) is 76.6 Å². The number of hydrogen-bond acceptors (Lipinski definition) is 10. The van der Waals surface area contributed by atoms with E-state index in [1.807, 2.05) is 23.1 Å². The van der Waals surface area contributed by atoms with Crippen molar-refractivity contribution in [2.24, 2.45) is 5.92 Å². The summed E-state index contributed by atoms with van der Waals surface area (Å²) in [6, 6.07) is 6.82. The van der Waals surface area contributed by atoms with Crippen LogP contribution in [0.3, 0.4) is 0 Å². The molecule has 3 aromatic heterocycles. The molecular formula is C31H40N8O3. The summed E-state index contributed by atoms with van der Waals surface area (Å²) in [6.07, 6.45) is 8.44. The molecule has 7 heterocycles. The lowest BCUT2D eigenvalue weighted by Gasteiger charge is -2.36. The number of likely N-dealkylation sites (tertiary alicyclic amines) is 1. The maximum atomic E-state index is 13.3. The monoisotopic (exact) mass is 572 g/mol. The second kappa shape index (κ2) is 11.3. The van der Waals surface area contributed by atoms with E-state index in [0.29, 0.717) is 55.6 Å². The predicted molar refractivity (Wildman–Crippen MR) is 159 cm³/mol. The summed E-state index contributed by atoms with van der Waals surface area (Å²) in [5, 5.41) is 23.8. The number of amides is 1. The Hall–Kier alpha value is -3.41. The molecular weight excluding hydrogens is 532 g/mol. The fourth-order valence-electron chi connectivity index (χ4n) is 7.40. The number of carbonyl (C=O) groups is 1. The zero-order chi connectivity index (χ0) is 28.8. The summed E-state index contributed by atoms with van der Waals surface area (Å²) in [6.45, 7) is 5.42. The normalized spacial score (nSPS) is 24.7. The Balaban J connectivity index is 1.09. The van der Waals surface area contributed by atoms with E-state index >= 15 is 0 Å². The molecule has 0 aliphatic carbocycles. The Bertz CT molecular complexity index is 1460. The number of nitrogens with zero attached hydrogens (tertiary/aromatic N) is 7. The molecule has 0 saturated carbocycles. The minimum Gasteiger partial charge on any atom is -0.395 e. The van der Waals surface area contributed by atoms with Crippen molar-refractivity contribution < 1.29 is 15.0 Å². The fraction of sp³-hybridized carbons (Fsp3) is 0.581. The van der Waals surface area contributed by atoms with Gasteiger partial charge < -0.3 is 30.2 Å². The van der Waals surface area contributed by atoms with E-state index < -0.39 is 6.10 Å². The SMILES string of the molecule is C[C@@H](O)c1cc2cnc(Nc3ccc4c(n3)CCN(C(=O)[C@H]3CCCN(CCO)C3)C4)nc2c(N2C3CCC2CC3)n1. The number of aliphatic hydroxyl groups excluding tert-OH is 2. The molecule has 4 aliphatic rings. The number of hydrogen-bond donors (Lipinski definition) is 3. The van der Waals surface area contributed by atoms with Gasteiger partial charge in [0.2, 0.25) is 11.9 Å². The molecule has 0 radical (unpaired) electrons. The summed E-state index contributed by atoms with van der Waals surface area (Å²) in [5.41, 5.74) is 3.50. The van der Waals surface area contributed by atoms with Gasteiger partial charge in [-0.05, 0) is 69.7 Å². The zero-order valence-corrected chi connectivity index (χ0v) is 24.2. The van der Waals surface area contributed by atoms with Gasteiger partial charge in [-0.15, -0.1) is 0 Å². The molecule has 3 N–H and O–H groups in total. The molecule has 222 valence electrons. The molecule has 11 nitrogen and oxygen atoms in total. The third-order valence-corrected chi connectivity index (χ3v) is 9.56. The van der Waals surface area contributed by atoms with E-state index in [0.717, 1.165) is 53.9 Å². The van der Waals surface area contributed by atoms with E-state index in [2.05, 4.69) is 20.1 Å². The molecule has 0 aromatic carbocycles. The lowest BCUT2D eigenvalue weighted by atomic mass is 9.95. The second-order valence-corrected chi connectivity index (χ2v) is 12.3. The van der Waals surface area contributed by atoms with Crippen LogP contribution in [0.25, 0.3) is 10.9 Å². The van der Waals surface area contributed by atoms with E-state index in [1.54, 1.807) is 13.1 Å². The summed E-state index contributed by atoms with van der Waals surface area (Å²) >= 11 is 0. The van der Waals surface area contributed by atoms with Gasteiger partial charge in [-0.2, -0.15) is 0 Å². The van der Waals surface area contributed by atoms with Gasteiger partial charge in [0.1, 0.15) is 11.3 Å². The van der Waals surface area contributed by atoms with Gasteiger partial charge in [0.05, 0.1) is 24.3 Å². The average molecular weight is 573 g/mol. The highest BCUT2D eigenvalue weighted by Gasteiger charge is 2.41. The van der Waals surface area contributed by atoms with Crippen LogP contribution in [-0.4, -0.2) is 90.7 Å². The number of carbonyl (C=O) groups excluding carboxylic acids is 1. The largest absolute Gasteiger partial charge is 0.395 e. The molecule has 4 aliphatic heterocycles. The summed E-state index contributed by atoms with van der Waals surface area (Å²) < 4.78 is 0. The summed E-state index contributed by atoms with van der Waals surface area (Å²) in [4.78, 5) is 39.2. The molecule has 7 rings (SSSR count). The lowest BCUT2D eigenvalue weighted by molar-refractivity contribution is -0.138. The number of aromatic nitrogens is 4. The second-order valence-electron chi connectivity index (χ2n) is 12.3. The number of piperidine rings is 1. The highest BCUT2D eigenvalue weighted by atomic mass is 16.3. The zero-order valence-electron chi connectivity index (χ0n) is 24.2. The molecule has 3 aromatic rings. The third kappa shape index (κ3) is 5.18. The van der Waals surface area contributed by atoms with Crippen molar-refractivity contribution in [3.63, 3.8) is 0 Å². The Morgan fingerprint density at radius 3 is 2.67 bits per heavy atom. The third-order valence-electron chi connectivity index (χ3n) is 9.56. The van der Waals surface area contributed by atoms with Crippen LogP contribution in [0.15, 0.2) is 24.4 Å². The van der Waals surface area contributed by atoms with Crippen LogP contribution in [0.5, 0.6) is 0 Å². The molecule has 42 heavy (non-hydrogen) atoms. The van der Waals surface area contributed by atoms with Gasteiger partial charge in [0, 0.05) is 62.0 Å². The van der Waals surface area contributed by atoms with Crippen LogP contribution in [-0.2, 0) is 17.8 Å². The number of pyridine rings is 2. The summed E-state index contributed by atoms with van der Waals surface area (Å²) in [5.74, 6) is 2.20. The molecule has 1 amide bonds. The Morgan fingerprint density at radius 2 is 1.90 bits per heavy atom. The molecule has 0 unspecified atom stereocenters. The highest BCUT2D eigenvalue weighted by molar-refractivity contribution is 5.90. The first-order valence-corrected chi connectivity index (χ1v) is 15.5. The van der Waals surface area contributed by atoms with Gasteiger partial charge in [-0.1, -0.05) is 6.07 Å². The lowest BCUT2D eigenvalue weighted by Crippen LogP contribution is -2.46. The molecule has 3 saturated heterocycles. The average Bonchev–Trinajstić information content (AvgIpc) is 3.61. The standard InChI is InChI=1S/C31H40N8O3/c1-19(41)26-15-22-16-32-31(36-28(22)29(34-26)39-23-5-6-24(39)8-7-23)35-27-9-4-20-18-38(12-10-25(20)33-27)30(42)21-3-2-11-37(17-21)13-14-40/h4,9,15-16,19,21,23-24,40-41H,2-3,5-8,10-14,17-18H2,1H3,(H,32,33,35,36)/t19-,21+,23?,24?/m1/s1. The number of rotatable bonds is 7. The summed E-state index contributed by atoms with van der Waals surface area (Å²) in [7, 11) is 0. The van der Waals surface area contributed by atoms with Gasteiger partial charge in [-0.3, -0.25) is 4.79 Å². The van der Waals surface area contributed by atoms with Crippen molar-refractivity contribution in [3.05, 3.63) is 41.3 Å². The minimum absolute atomic E-state index is 0.00222. The smallest absolute Gasteiger partial charge is 0.229 e. The first-order chi connectivity index (χ1) is 20.5. The predicted octanol–water partition coefficient (Wildman–Crippen LogP) is 2.94. The van der Waals surface area contributed by atoms with E-state index in [9.17, 15) is 15.0 Å². The van der Waals surface area contributed by atoms with Crippen LogP contribution < -0.4 is 10.2 Å². The van der Waals surface area contributed by atoms with Crippen molar-refractivity contribution in [1.82, 2.24) is 29.7 Å². The van der Waals surface area contributed by atoms with Crippen molar-refractivity contribution in [1.29, 1.82) is 0 Å². The highest BCUT2D eigenvalue weighted by Crippen LogP contribution is 2.42. The van der Waals surface area contributed by atoms with Gasteiger partial charge in [0.15, 0.2) is 5.82 Å². The van der Waals surface area contributed by atoms with E-state index in [1.165, 1.54) is 25.7 Å². The van der Waals surface area contributed by atoms with Gasteiger partial charge in [0.25, 0.3) is 0 Å². The first kappa shape index (κ1) is 27.4. The number of anilines is 3. The fourth-order valence-corrected chi connectivity index (χ4v) is 7.40. The van der Waals surface area contributed by atoms with Gasteiger partial charge in [-0.25, -0.2) is 19.9 Å². The number of fused-ring (bicyclic) bond motifs is 4. The molecule has 0 spiro atoms. The Labute approximate surface area is 246 Å². The topological polar surface area (TPSA) is 131 Å². The van der Waals surface area contributed by atoms with Crippen LogP contribution >= 0.6 is 0 Å². The van der Waals surface area contributed by atoms with Crippen molar-refractivity contribution in [2.75, 3.05) is 43.0 Å². The van der Waals surface area contributed by atoms with E-state index in [4.69, 9.17) is 15.0 Å². The number of nitrogens with one attached hydrogen (secondary N) is 1. The Kier molecular flexibility index (Phi) is 7.41. The van der Waals surface area contributed by atoms with Crippen LogP contribution in [0.4, 0.5) is 17.6 Å². The first-order valence-electron chi connectivity index (χ1n) is 15.5. The van der Waals surface area contributed by atoms with Crippen molar-refractivity contribution >= 4 is 34.4 Å². The van der Waals surface area contributed by atoms with Crippen LogP contribution in [0.2, 0.25) is 0 Å². The molecule has 11 heteroatoms.